The maximum atomic E-state index is 12.4. The van der Waals surface area contributed by atoms with E-state index < -0.39 is 0 Å². The Morgan fingerprint density at radius 2 is 1.88 bits per heavy atom. The molecule has 0 spiro atoms. The van der Waals surface area contributed by atoms with Crippen LogP contribution in [0.2, 0.25) is 0 Å². The van der Waals surface area contributed by atoms with Crippen LogP contribution in [0, 0.1) is 0 Å². The number of nitrogens with zero attached hydrogens (tertiary/aromatic N) is 2. The number of rotatable bonds is 4. The van der Waals surface area contributed by atoms with Crippen molar-refractivity contribution in [2.75, 3.05) is 7.11 Å². The lowest BCUT2D eigenvalue weighted by Gasteiger charge is -2.09. The number of carbonyl (C=O) groups is 1. The Bertz CT molecular complexity index is 949. The molecule has 0 aliphatic heterocycles. The van der Waals surface area contributed by atoms with E-state index in [1.165, 1.54) is 18.9 Å². The van der Waals surface area contributed by atoms with E-state index in [-0.39, 0.29) is 11.5 Å². The van der Waals surface area contributed by atoms with Gasteiger partial charge in [-0.15, -0.1) is 0 Å². The van der Waals surface area contributed by atoms with Crippen LogP contribution in [0.15, 0.2) is 58.5 Å². The Morgan fingerprint density at radius 1 is 1.17 bits per heavy atom. The van der Waals surface area contributed by atoms with E-state index in [1.54, 1.807) is 29.8 Å². The predicted octanol–water partition coefficient (Wildman–Crippen LogP) is 3.01. The van der Waals surface area contributed by atoms with E-state index in [0.29, 0.717) is 27.4 Å². The fraction of sp³-hybridized carbons (Fsp3) is 0.167. The van der Waals surface area contributed by atoms with Crippen LogP contribution in [0.1, 0.15) is 15.9 Å². The summed E-state index contributed by atoms with van der Waals surface area (Å²) in [4.78, 5) is 28.4. The Hall–Kier alpha value is -2.60. The summed E-state index contributed by atoms with van der Waals surface area (Å²) in [5.74, 6) is 0.299. The minimum atomic E-state index is -0.354. The molecular weight excluding hydrogens is 324 g/mol. The van der Waals surface area contributed by atoms with Gasteiger partial charge >= 0.3 is 5.97 Å². The minimum Gasteiger partial charge on any atom is -0.465 e. The van der Waals surface area contributed by atoms with Gasteiger partial charge in [-0.25, -0.2) is 9.78 Å². The summed E-state index contributed by atoms with van der Waals surface area (Å²) in [5, 5.41) is 1.28. The van der Waals surface area contributed by atoms with Crippen LogP contribution in [-0.4, -0.2) is 22.6 Å². The summed E-state index contributed by atoms with van der Waals surface area (Å²) in [6.45, 7) is 0. The monoisotopic (exact) mass is 340 g/mol. The average molecular weight is 340 g/mol. The molecule has 0 bridgehead atoms. The molecule has 0 radical (unpaired) electrons. The number of esters is 1. The van der Waals surface area contributed by atoms with E-state index in [4.69, 9.17) is 0 Å². The third-order valence-corrected chi connectivity index (χ3v) is 4.79. The first-order valence-corrected chi connectivity index (χ1v) is 8.34. The molecule has 0 aliphatic carbocycles. The molecule has 1 heterocycles. The Labute approximate surface area is 143 Å². The Balaban J connectivity index is 1.82. The zero-order valence-corrected chi connectivity index (χ0v) is 14.2. The van der Waals surface area contributed by atoms with Gasteiger partial charge in [-0.05, 0) is 29.8 Å². The van der Waals surface area contributed by atoms with Crippen LogP contribution in [-0.2, 0) is 17.5 Å². The van der Waals surface area contributed by atoms with Crippen molar-refractivity contribution < 1.29 is 9.53 Å². The lowest BCUT2D eigenvalue weighted by Crippen LogP contribution is -2.19. The number of thioether (sulfide) groups is 1. The number of ether oxygens (including phenoxy) is 1. The largest absolute Gasteiger partial charge is 0.465 e. The summed E-state index contributed by atoms with van der Waals surface area (Å²) in [5.41, 5.74) is 2.20. The maximum absolute atomic E-state index is 12.4. The predicted molar refractivity (Wildman–Crippen MR) is 94.3 cm³/mol. The van der Waals surface area contributed by atoms with Gasteiger partial charge in [0.25, 0.3) is 5.56 Å². The van der Waals surface area contributed by atoms with Gasteiger partial charge in [0, 0.05) is 12.8 Å². The first-order chi connectivity index (χ1) is 11.6. The second-order valence-electron chi connectivity index (χ2n) is 5.25. The zero-order valence-electron chi connectivity index (χ0n) is 13.4. The van der Waals surface area contributed by atoms with Gasteiger partial charge < -0.3 is 4.74 Å². The molecule has 0 saturated heterocycles. The second kappa shape index (κ2) is 6.88. The molecule has 122 valence electrons. The molecule has 0 N–H and O–H groups in total. The van der Waals surface area contributed by atoms with Crippen LogP contribution < -0.4 is 5.56 Å². The molecule has 6 heteroatoms. The van der Waals surface area contributed by atoms with Crippen molar-refractivity contribution in [3.8, 4) is 0 Å². The van der Waals surface area contributed by atoms with Gasteiger partial charge in [-0.1, -0.05) is 36.0 Å². The van der Waals surface area contributed by atoms with Crippen molar-refractivity contribution in [2.45, 2.75) is 10.9 Å². The molecule has 5 nitrogen and oxygen atoms in total. The quantitative estimate of drug-likeness (QED) is 0.415. The zero-order chi connectivity index (χ0) is 17.1. The molecule has 0 saturated carbocycles. The van der Waals surface area contributed by atoms with Crippen LogP contribution in [0.5, 0.6) is 0 Å². The molecule has 3 aromatic rings. The van der Waals surface area contributed by atoms with Crippen LogP contribution in [0.25, 0.3) is 10.9 Å². The van der Waals surface area contributed by atoms with Gasteiger partial charge in [0.2, 0.25) is 0 Å². The summed E-state index contributed by atoms with van der Waals surface area (Å²) < 4.78 is 6.25. The number of fused-ring (bicyclic) bond motifs is 1. The van der Waals surface area contributed by atoms with E-state index in [2.05, 4.69) is 9.72 Å². The smallest absolute Gasteiger partial charge is 0.337 e. The molecule has 2 aromatic carbocycles. The van der Waals surface area contributed by atoms with Gasteiger partial charge in [0.1, 0.15) is 0 Å². The fourth-order valence-electron chi connectivity index (χ4n) is 2.33. The molecular formula is C18H16N2O3S. The molecule has 3 rings (SSSR count). The van der Waals surface area contributed by atoms with E-state index in [1.807, 2.05) is 30.3 Å². The van der Waals surface area contributed by atoms with Crippen LogP contribution >= 0.6 is 11.8 Å². The van der Waals surface area contributed by atoms with Crippen LogP contribution in [0.4, 0.5) is 0 Å². The lowest BCUT2D eigenvalue weighted by molar-refractivity contribution is 0.0600. The summed E-state index contributed by atoms with van der Waals surface area (Å²) in [6.07, 6.45) is 0. The summed E-state index contributed by atoms with van der Waals surface area (Å²) in [6, 6.07) is 14.5. The number of methoxy groups -OCH3 is 1. The minimum absolute atomic E-state index is 0.0517. The topological polar surface area (TPSA) is 61.2 Å². The number of benzene rings is 2. The number of hydrogen-bond acceptors (Lipinski definition) is 5. The van der Waals surface area contributed by atoms with Crippen molar-refractivity contribution in [3.05, 3.63) is 70.0 Å². The van der Waals surface area contributed by atoms with Gasteiger partial charge in [-0.3, -0.25) is 9.36 Å². The van der Waals surface area contributed by atoms with Gasteiger partial charge in [0.15, 0.2) is 5.16 Å². The first-order valence-electron chi connectivity index (χ1n) is 7.36. The second-order valence-corrected chi connectivity index (χ2v) is 6.20. The van der Waals surface area contributed by atoms with E-state index in [9.17, 15) is 9.59 Å². The maximum Gasteiger partial charge on any atom is 0.337 e. The average Bonchev–Trinajstić information content (AvgIpc) is 2.63. The normalized spacial score (nSPS) is 10.8. The molecule has 24 heavy (non-hydrogen) atoms. The lowest BCUT2D eigenvalue weighted by atomic mass is 10.1. The first kappa shape index (κ1) is 16.3. The molecule has 0 aliphatic rings. The highest BCUT2D eigenvalue weighted by molar-refractivity contribution is 7.98. The van der Waals surface area contributed by atoms with Crippen LogP contribution in [0.3, 0.4) is 0 Å². The molecule has 0 fully saturated rings. The highest BCUT2D eigenvalue weighted by Gasteiger charge is 2.09. The van der Waals surface area contributed by atoms with Gasteiger partial charge in [-0.2, -0.15) is 0 Å². The molecule has 1 aromatic heterocycles. The van der Waals surface area contributed by atoms with Gasteiger partial charge in [0.05, 0.1) is 23.6 Å². The SMILES string of the molecule is COC(=O)c1ccc(CSc2nc3ccccc3c(=O)n2C)cc1. The number of aromatic nitrogens is 2. The van der Waals surface area contributed by atoms with Crippen molar-refractivity contribution in [2.24, 2.45) is 7.05 Å². The summed E-state index contributed by atoms with van der Waals surface area (Å²) >= 11 is 1.48. The highest BCUT2D eigenvalue weighted by Crippen LogP contribution is 2.21. The van der Waals surface area contributed by atoms with Crippen molar-refractivity contribution in [1.82, 2.24) is 9.55 Å². The standard InChI is InChI=1S/C18H16N2O3S/c1-20-16(21)14-5-3-4-6-15(14)19-18(20)24-11-12-7-9-13(10-8-12)17(22)23-2/h3-10H,11H2,1-2H3. The molecule has 0 unspecified atom stereocenters. The highest BCUT2D eigenvalue weighted by atomic mass is 32.2. The van der Waals surface area contributed by atoms with E-state index in [0.717, 1.165) is 5.56 Å². The van der Waals surface area contributed by atoms with Crippen molar-refractivity contribution in [1.29, 1.82) is 0 Å². The van der Waals surface area contributed by atoms with Crippen molar-refractivity contribution in [3.63, 3.8) is 0 Å². The third-order valence-electron chi connectivity index (χ3n) is 3.69. The summed E-state index contributed by atoms with van der Waals surface area (Å²) in [7, 11) is 3.09. The van der Waals surface area contributed by atoms with Crippen molar-refractivity contribution >= 4 is 28.6 Å². The molecule has 0 atom stereocenters. The van der Waals surface area contributed by atoms with E-state index >= 15 is 0 Å². The Kier molecular flexibility index (Phi) is 4.66. The number of carbonyl (C=O) groups excluding carboxylic acids is 1. The number of hydrogen-bond donors (Lipinski definition) is 0. The Morgan fingerprint density at radius 3 is 2.58 bits per heavy atom. The molecule has 0 amide bonds. The fourth-order valence-corrected chi connectivity index (χ4v) is 3.26. The number of para-hydroxylation sites is 1. The third kappa shape index (κ3) is 3.19.